The zero-order valence-corrected chi connectivity index (χ0v) is 50.8. The molecule has 14 heteroatoms. The van der Waals surface area contributed by atoms with Gasteiger partial charge in [0, 0.05) is 6.42 Å². The maximum Gasteiger partial charge on any atom is 0.220 e. The summed E-state index contributed by atoms with van der Waals surface area (Å²) in [5, 5.41) is 87.0. The van der Waals surface area contributed by atoms with Crippen LogP contribution in [0.2, 0.25) is 0 Å². The Hall–Kier alpha value is -2.57. The van der Waals surface area contributed by atoms with Gasteiger partial charge in [0.05, 0.1) is 32.0 Å². The molecule has 2 heterocycles. The summed E-state index contributed by atoms with van der Waals surface area (Å²) in [5.41, 5.74) is 0. The van der Waals surface area contributed by atoms with Crippen LogP contribution in [0, 0.1) is 0 Å². The summed E-state index contributed by atoms with van der Waals surface area (Å²) >= 11 is 0. The fraction of sp³-hybridized carbons (Fsp3) is 0.806. The maximum absolute atomic E-state index is 13.2. The van der Waals surface area contributed by atoms with E-state index in [0.717, 1.165) is 70.6 Å². The van der Waals surface area contributed by atoms with E-state index in [4.69, 9.17) is 18.9 Å². The van der Waals surface area contributed by atoms with Crippen molar-refractivity contribution in [1.82, 2.24) is 5.32 Å². The van der Waals surface area contributed by atoms with Gasteiger partial charge < -0.3 is 65.1 Å². The Morgan fingerprint density at radius 2 is 0.852 bits per heavy atom. The molecular weight excluding hydrogens is 1030 g/mol. The zero-order chi connectivity index (χ0) is 58.8. The number of unbranched alkanes of at least 4 members (excludes halogenated alkanes) is 29. The monoisotopic (exact) mass is 1150 g/mol. The maximum atomic E-state index is 13.2. The lowest BCUT2D eigenvalue weighted by atomic mass is 9.97. The molecule has 0 saturated carbocycles. The number of carbonyl (C=O) groups excluding carboxylic acids is 1. The molecule has 2 aliphatic heterocycles. The van der Waals surface area contributed by atoms with Crippen LogP contribution in [-0.2, 0) is 23.7 Å². The van der Waals surface area contributed by atoms with E-state index in [2.05, 4.69) is 79.9 Å². The first-order valence-corrected chi connectivity index (χ1v) is 32.7. The number of hydrogen-bond acceptors (Lipinski definition) is 13. The van der Waals surface area contributed by atoms with E-state index in [9.17, 15) is 45.6 Å². The van der Waals surface area contributed by atoms with E-state index < -0.39 is 86.8 Å². The SMILES string of the molecule is CC/C=C\C/C=C\C/C=C\C/C=C\C/C=C\CCCCCCCCCCCCCCCCCCCCCCCC(=O)NC(COC1OC(CO)C(OC2OC(CO)C(O)C(O)C2O)C(O)C1O)C(O)/C=C/CCCCCCCCCC. The molecule has 2 rings (SSSR count). The van der Waals surface area contributed by atoms with Crippen LogP contribution in [0.4, 0.5) is 0 Å². The van der Waals surface area contributed by atoms with Gasteiger partial charge in [-0.15, -0.1) is 0 Å². The highest BCUT2D eigenvalue weighted by Crippen LogP contribution is 2.30. The smallest absolute Gasteiger partial charge is 0.220 e. The van der Waals surface area contributed by atoms with Crippen LogP contribution < -0.4 is 5.32 Å². The lowest BCUT2D eigenvalue weighted by molar-refractivity contribution is -0.359. The first-order valence-electron chi connectivity index (χ1n) is 32.7. The number of carbonyl (C=O) groups is 1. The van der Waals surface area contributed by atoms with Crippen molar-refractivity contribution >= 4 is 5.91 Å². The van der Waals surface area contributed by atoms with Crippen molar-refractivity contribution < 1.29 is 64.6 Å². The molecule has 0 spiro atoms. The van der Waals surface area contributed by atoms with Gasteiger partial charge in [-0.25, -0.2) is 0 Å². The number of rotatable bonds is 52. The number of aliphatic hydroxyl groups is 8. The third kappa shape index (κ3) is 36.8. The molecule has 14 nitrogen and oxygen atoms in total. The minimum atomic E-state index is -1.79. The summed E-state index contributed by atoms with van der Waals surface area (Å²) in [6.07, 6.45) is 52.7. The Morgan fingerprint density at radius 1 is 0.457 bits per heavy atom. The number of allylic oxidation sites excluding steroid dienone is 11. The van der Waals surface area contributed by atoms with E-state index >= 15 is 0 Å². The van der Waals surface area contributed by atoms with Crippen LogP contribution in [0.3, 0.4) is 0 Å². The molecule has 2 fully saturated rings. The molecule has 12 unspecified atom stereocenters. The van der Waals surface area contributed by atoms with E-state index in [-0.39, 0.29) is 18.9 Å². The molecule has 0 bridgehead atoms. The number of hydrogen-bond donors (Lipinski definition) is 9. The third-order valence-electron chi connectivity index (χ3n) is 15.6. The van der Waals surface area contributed by atoms with Gasteiger partial charge in [0.15, 0.2) is 12.6 Å². The molecule has 81 heavy (non-hydrogen) atoms. The summed E-state index contributed by atoms with van der Waals surface area (Å²) in [4.78, 5) is 13.2. The number of aliphatic hydroxyl groups excluding tert-OH is 8. The standard InChI is InChI=1S/C67H119NO13/c1-3-5-7-9-11-13-15-16-17-18-19-20-21-22-23-24-25-26-27-28-29-30-31-32-33-34-35-36-37-38-39-40-41-43-45-47-49-51-59(72)68-55(56(71)50-48-46-44-42-14-12-10-8-6-4-2)54-78-66-64(77)62(75)65(58(53-70)80-66)81-67-63(76)61(74)60(73)57(52-69)79-67/h5,7,11,13,16-17,19-20,22-23,48,50,55-58,60-67,69-71,73-77H,3-4,6,8-10,12,14-15,18,21,24-47,49,51-54H2,1-2H3,(H,68,72)/b7-5-,13-11-,17-16-,20-19-,23-22-,50-48+. The van der Waals surface area contributed by atoms with E-state index in [1.807, 2.05) is 6.08 Å². The highest BCUT2D eigenvalue weighted by molar-refractivity contribution is 5.76. The lowest BCUT2D eigenvalue weighted by Crippen LogP contribution is -2.65. The topological polar surface area (TPSA) is 228 Å². The average Bonchev–Trinajstić information content (AvgIpc) is 3.51. The second-order valence-electron chi connectivity index (χ2n) is 22.9. The molecule has 0 aromatic carbocycles. The first kappa shape index (κ1) is 74.5. The lowest BCUT2D eigenvalue weighted by Gasteiger charge is -2.46. The van der Waals surface area contributed by atoms with Gasteiger partial charge in [0.25, 0.3) is 0 Å². The van der Waals surface area contributed by atoms with Gasteiger partial charge in [-0.1, -0.05) is 254 Å². The van der Waals surface area contributed by atoms with Crippen molar-refractivity contribution in [2.45, 2.75) is 325 Å². The minimum absolute atomic E-state index is 0.240. The van der Waals surface area contributed by atoms with Crippen LogP contribution in [0.5, 0.6) is 0 Å². The van der Waals surface area contributed by atoms with Crippen molar-refractivity contribution in [3.8, 4) is 0 Å². The summed E-state index contributed by atoms with van der Waals surface area (Å²) < 4.78 is 22.7. The third-order valence-corrected chi connectivity index (χ3v) is 15.6. The molecule has 470 valence electrons. The van der Waals surface area contributed by atoms with E-state index in [0.29, 0.717) is 6.42 Å². The van der Waals surface area contributed by atoms with Gasteiger partial charge >= 0.3 is 0 Å². The van der Waals surface area contributed by atoms with Gasteiger partial charge in [0.1, 0.15) is 48.8 Å². The summed E-state index contributed by atoms with van der Waals surface area (Å²) in [5.74, 6) is -0.240. The molecule has 9 N–H and O–H groups in total. The number of nitrogens with one attached hydrogen (secondary N) is 1. The highest BCUT2D eigenvalue weighted by Gasteiger charge is 2.51. The van der Waals surface area contributed by atoms with Crippen LogP contribution in [0.15, 0.2) is 72.9 Å². The second kappa shape index (κ2) is 51.8. The Morgan fingerprint density at radius 3 is 1.31 bits per heavy atom. The zero-order valence-electron chi connectivity index (χ0n) is 50.8. The largest absolute Gasteiger partial charge is 0.394 e. The first-order chi connectivity index (χ1) is 39.6. The Balaban J connectivity index is 1.56. The quantitative estimate of drug-likeness (QED) is 0.0204. The Labute approximate surface area is 491 Å². The molecule has 0 aliphatic carbocycles. The number of amides is 1. The molecule has 2 aliphatic rings. The fourth-order valence-corrected chi connectivity index (χ4v) is 10.4. The molecule has 1 amide bonds. The second-order valence-corrected chi connectivity index (χ2v) is 22.9. The predicted molar refractivity (Wildman–Crippen MR) is 327 cm³/mol. The Kier molecular flexibility index (Phi) is 47.7. The van der Waals surface area contributed by atoms with Crippen molar-refractivity contribution in [3.63, 3.8) is 0 Å². The molecule has 0 radical (unpaired) electrons. The van der Waals surface area contributed by atoms with E-state index in [1.54, 1.807) is 6.08 Å². The van der Waals surface area contributed by atoms with Crippen LogP contribution in [0.1, 0.15) is 251 Å². The summed E-state index contributed by atoms with van der Waals surface area (Å²) in [6, 6.07) is -0.913. The minimum Gasteiger partial charge on any atom is -0.394 e. The van der Waals surface area contributed by atoms with Crippen molar-refractivity contribution in [1.29, 1.82) is 0 Å². The van der Waals surface area contributed by atoms with E-state index in [1.165, 1.54) is 154 Å². The fourth-order valence-electron chi connectivity index (χ4n) is 10.4. The predicted octanol–water partition coefficient (Wildman–Crippen LogP) is 12.3. The average molecular weight is 1150 g/mol. The molecule has 2 saturated heterocycles. The van der Waals surface area contributed by atoms with Crippen molar-refractivity contribution in [2.24, 2.45) is 0 Å². The molecule has 0 aromatic heterocycles. The van der Waals surface area contributed by atoms with Gasteiger partial charge in [-0.2, -0.15) is 0 Å². The summed E-state index contributed by atoms with van der Waals surface area (Å²) in [6.45, 7) is 2.66. The molecular formula is C67H119NO13. The van der Waals surface area contributed by atoms with Gasteiger partial charge in [0.2, 0.25) is 5.91 Å². The van der Waals surface area contributed by atoms with Crippen LogP contribution >= 0.6 is 0 Å². The van der Waals surface area contributed by atoms with Gasteiger partial charge in [-0.3, -0.25) is 4.79 Å². The van der Waals surface area contributed by atoms with Crippen molar-refractivity contribution in [2.75, 3.05) is 19.8 Å². The Bertz CT molecular complexity index is 1630. The van der Waals surface area contributed by atoms with Crippen molar-refractivity contribution in [3.05, 3.63) is 72.9 Å². The highest BCUT2D eigenvalue weighted by atomic mass is 16.7. The molecule has 0 aromatic rings. The number of ether oxygens (including phenoxy) is 4. The summed E-state index contributed by atoms with van der Waals surface area (Å²) in [7, 11) is 0. The van der Waals surface area contributed by atoms with Crippen LogP contribution in [-0.4, -0.2) is 140 Å². The van der Waals surface area contributed by atoms with Gasteiger partial charge in [-0.05, 0) is 64.2 Å². The molecule has 12 atom stereocenters. The normalized spacial score (nSPS) is 24.6. The van der Waals surface area contributed by atoms with Crippen LogP contribution in [0.25, 0.3) is 0 Å².